The number of hydrogen-bond donors (Lipinski definition) is 1. The molecule has 0 atom stereocenters. The summed E-state index contributed by atoms with van der Waals surface area (Å²) in [6.07, 6.45) is 12.7. The van der Waals surface area contributed by atoms with Crippen molar-refractivity contribution in [2.24, 2.45) is 0 Å². The molecule has 0 saturated heterocycles. The standard InChI is InChI=1S/C29H38FP.CH4O3S/c30-25-17-6-4-2-1-3-5-7-18-26-31(27-19-11-8-12-20-27,28-21-13-9-14-22-28)29-23-15-10-16-24-29;1-5(2,3)4/h8-16,19-24,31H,1-7,17-18,25-26H2;1H3,(H,2,3,4). The van der Waals surface area contributed by atoms with Gasteiger partial charge in [0.2, 0.25) is 0 Å². The Morgan fingerprint density at radius 2 is 0.861 bits per heavy atom. The van der Waals surface area contributed by atoms with E-state index in [1.54, 1.807) is 0 Å². The van der Waals surface area contributed by atoms with E-state index < -0.39 is 17.4 Å². The molecule has 0 aliphatic carbocycles. The van der Waals surface area contributed by atoms with E-state index in [9.17, 15) is 12.8 Å². The van der Waals surface area contributed by atoms with Crippen molar-refractivity contribution in [1.82, 2.24) is 0 Å². The Morgan fingerprint density at radius 3 is 1.17 bits per heavy atom. The Labute approximate surface area is 218 Å². The van der Waals surface area contributed by atoms with Crippen LogP contribution < -0.4 is 15.9 Å². The summed E-state index contributed by atoms with van der Waals surface area (Å²) in [7, 11) is -5.72. The Morgan fingerprint density at radius 1 is 0.583 bits per heavy atom. The van der Waals surface area contributed by atoms with Crippen LogP contribution in [0.1, 0.15) is 57.8 Å². The van der Waals surface area contributed by atoms with E-state index in [2.05, 4.69) is 91.0 Å². The first kappa shape index (κ1) is 30.2. The van der Waals surface area contributed by atoms with Crippen molar-refractivity contribution in [1.29, 1.82) is 0 Å². The van der Waals surface area contributed by atoms with Crippen molar-refractivity contribution < 1.29 is 17.4 Å². The molecule has 0 spiro atoms. The van der Waals surface area contributed by atoms with Crippen LogP contribution in [0, 0.1) is 0 Å². The van der Waals surface area contributed by atoms with Gasteiger partial charge in [0.05, 0.1) is 6.26 Å². The van der Waals surface area contributed by atoms with E-state index in [1.807, 2.05) is 0 Å². The van der Waals surface area contributed by atoms with Crippen molar-refractivity contribution in [3.63, 3.8) is 0 Å². The number of benzene rings is 3. The maximum absolute atomic E-state index is 12.2. The average Bonchev–Trinajstić information content (AvgIpc) is 2.88. The van der Waals surface area contributed by atoms with E-state index in [-0.39, 0.29) is 6.67 Å². The van der Waals surface area contributed by atoms with E-state index in [4.69, 9.17) is 4.55 Å². The predicted molar refractivity (Wildman–Crippen MR) is 156 cm³/mol. The van der Waals surface area contributed by atoms with Gasteiger partial charge >= 0.3 is 189 Å². The molecule has 3 aromatic rings. The normalized spacial score (nSPS) is 12.0. The number of rotatable bonds is 14. The first-order valence-corrected chi connectivity index (χ1v) is 17.1. The molecule has 0 fully saturated rings. The third-order valence-corrected chi connectivity index (χ3v) is 11.5. The SMILES string of the molecule is CS(=O)(=O)O.FCCCCCCCCCCC[PH](c1ccccc1)(c1ccccc1)c1ccccc1. The van der Waals surface area contributed by atoms with Crippen molar-refractivity contribution >= 4 is 33.3 Å². The molecule has 0 bridgehead atoms. The fourth-order valence-corrected chi connectivity index (χ4v) is 9.75. The van der Waals surface area contributed by atoms with Crippen LogP contribution in [0.2, 0.25) is 0 Å². The van der Waals surface area contributed by atoms with Crippen molar-refractivity contribution in [2.75, 3.05) is 19.1 Å². The molecule has 3 rings (SSSR count). The molecule has 0 aliphatic heterocycles. The molecule has 0 heterocycles. The van der Waals surface area contributed by atoms with Crippen LogP contribution in [0.25, 0.3) is 0 Å². The summed E-state index contributed by atoms with van der Waals surface area (Å²) in [4.78, 5) is 0. The molecular formula is C30H42FO3PS. The number of hydrogen-bond acceptors (Lipinski definition) is 2. The second-order valence-electron chi connectivity index (χ2n) is 9.36. The first-order chi connectivity index (χ1) is 17.4. The van der Waals surface area contributed by atoms with Gasteiger partial charge in [-0.1, -0.05) is 0 Å². The summed E-state index contributed by atoms with van der Waals surface area (Å²) < 4.78 is 38.0. The monoisotopic (exact) mass is 532 g/mol. The zero-order chi connectivity index (χ0) is 26.1. The van der Waals surface area contributed by atoms with Gasteiger partial charge in [0.25, 0.3) is 10.1 Å². The first-order valence-electron chi connectivity index (χ1n) is 13.0. The minimum atomic E-state index is -3.67. The zero-order valence-electron chi connectivity index (χ0n) is 21.5. The van der Waals surface area contributed by atoms with Crippen molar-refractivity contribution in [2.45, 2.75) is 57.8 Å². The second-order valence-corrected chi connectivity index (χ2v) is 14.9. The quantitative estimate of drug-likeness (QED) is 0.143. The Balaban J connectivity index is 0.000000830. The van der Waals surface area contributed by atoms with Crippen LogP contribution in [0.3, 0.4) is 0 Å². The van der Waals surface area contributed by atoms with Gasteiger partial charge < -0.3 is 0 Å². The molecule has 0 radical (unpaired) electrons. The molecular weight excluding hydrogens is 490 g/mol. The summed E-state index contributed by atoms with van der Waals surface area (Å²) >= 11 is 0. The van der Waals surface area contributed by atoms with Crippen molar-refractivity contribution in [3.05, 3.63) is 91.0 Å². The maximum atomic E-state index is 12.2. The third kappa shape index (κ3) is 10.9. The zero-order valence-corrected chi connectivity index (χ0v) is 23.3. The molecule has 198 valence electrons. The van der Waals surface area contributed by atoms with Crippen molar-refractivity contribution in [3.8, 4) is 0 Å². The Kier molecular flexibility index (Phi) is 13.9. The number of halogens is 1. The average molecular weight is 533 g/mol. The molecule has 0 aliphatic rings. The third-order valence-electron chi connectivity index (χ3n) is 6.49. The van der Waals surface area contributed by atoms with Crippen LogP contribution in [0.5, 0.6) is 0 Å². The molecule has 3 aromatic carbocycles. The van der Waals surface area contributed by atoms with Gasteiger partial charge in [-0.25, -0.2) is 0 Å². The van der Waals surface area contributed by atoms with Gasteiger partial charge in [-0.05, 0) is 0 Å². The number of alkyl halides is 1. The molecule has 3 nitrogen and oxygen atoms in total. The van der Waals surface area contributed by atoms with Crippen LogP contribution in [0.15, 0.2) is 91.0 Å². The molecule has 0 aromatic heterocycles. The van der Waals surface area contributed by atoms with Crippen LogP contribution >= 0.6 is 7.26 Å². The van der Waals surface area contributed by atoms with Gasteiger partial charge in [0.1, 0.15) is 0 Å². The molecule has 36 heavy (non-hydrogen) atoms. The van der Waals surface area contributed by atoms with Crippen LogP contribution in [-0.4, -0.2) is 32.1 Å². The Hall–Kier alpha value is -2.07. The fourth-order valence-electron chi connectivity index (χ4n) is 4.82. The van der Waals surface area contributed by atoms with Gasteiger partial charge in [0.15, 0.2) is 0 Å². The van der Waals surface area contributed by atoms with Gasteiger partial charge in [-0.2, -0.15) is 8.42 Å². The summed E-state index contributed by atoms with van der Waals surface area (Å²) in [5.41, 5.74) is 0. The second kappa shape index (κ2) is 16.6. The number of unbranched alkanes of at least 4 members (excludes halogenated alkanes) is 8. The van der Waals surface area contributed by atoms with E-state index >= 15 is 0 Å². The molecule has 0 saturated carbocycles. The molecule has 0 unspecified atom stereocenters. The Bertz CT molecular complexity index is 956. The minimum absolute atomic E-state index is 0.157. The van der Waals surface area contributed by atoms with Gasteiger partial charge in [-0.3, -0.25) is 4.55 Å². The fraction of sp³-hybridized carbons (Fsp3) is 0.400. The summed E-state index contributed by atoms with van der Waals surface area (Å²) in [6, 6.07) is 33.7. The van der Waals surface area contributed by atoms with Crippen LogP contribution in [-0.2, 0) is 10.1 Å². The van der Waals surface area contributed by atoms with E-state index in [0.717, 1.165) is 12.8 Å². The predicted octanol–water partition coefficient (Wildman–Crippen LogP) is 6.70. The molecule has 6 heteroatoms. The van der Waals surface area contributed by atoms with E-state index in [1.165, 1.54) is 67.0 Å². The summed E-state index contributed by atoms with van der Waals surface area (Å²) in [6.45, 7) is -0.157. The molecule has 1 N–H and O–H groups in total. The van der Waals surface area contributed by atoms with E-state index in [0.29, 0.717) is 6.26 Å². The van der Waals surface area contributed by atoms with Gasteiger partial charge in [-0.15, -0.1) is 0 Å². The summed E-state index contributed by atoms with van der Waals surface area (Å²) in [5, 5.41) is 4.54. The summed E-state index contributed by atoms with van der Waals surface area (Å²) in [5.74, 6) is 0. The molecule has 0 amide bonds. The van der Waals surface area contributed by atoms with Gasteiger partial charge in [0, 0.05) is 0 Å². The van der Waals surface area contributed by atoms with Crippen LogP contribution in [0.4, 0.5) is 4.39 Å². The topological polar surface area (TPSA) is 54.4 Å².